The summed E-state index contributed by atoms with van der Waals surface area (Å²) in [6.07, 6.45) is 6.06. The van der Waals surface area contributed by atoms with Crippen molar-refractivity contribution in [2.24, 2.45) is 0 Å². The van der Waals surface area contributed by atoms with Gasteiger partial charge in [-0.25, -0.2) is 9.97 Å². The number of aromatic nitrogens is 3. The van der Waals surface area contributed by atoms with Crippen LogP contribution in [0.3, 0.4) is 0 Å². The number of nitrogens with zero attached hydrogens (tertiary/aromatic N) is 3. The van der Waals surface area contributed by atoms with Crippen molar-refractivity contribution in [1.82, 2.24) is 15.0 Å². The first-order chi connectivity index (χ1) is 15.5. The molecule has 0 bridgehead atoms. The molecule has 0 aliphatic heterocycles. The Morgan fingerprint density at radius 3 is 2.53 bits per heavy atom. The van der Waals surface area contributed by atoms with Crippen LogP contribution in [0.4, 0.5) is 17.1 Å². The fraction of sp³-hybridized carbons (Fsp3) is 0.125. The van der Waals surface area contributed by atoms with Gasteiger partial charge in [-0.3, -0.25) is 14.6 Å². The van der Waals surface area contributed by atoms with E-state index in [-0.39, 0.29) is 11.8 Å². The zero-order chi connectivity index (χ0) is 22.5. The van der Waals surface area contributed by atoms with Crippen molar-refractivity contribution in [3.05, 3.63) is 84.1 Å². The van der Waals surface area contributed by atoms with Gasteiger partial charge in [0.2, 0.25) is 5.91 Å². The average Bonchev–Trinajstić information content (AvgIpc) is 2.79. The minimum Gasteiger partial charge on any atom is -0.396 e. The molecule has 2 aromatic heterocycles. The lowest BCUT2D eigenvalue weighted by Gasteiger charge is -2.09. The van der Waals surface area contributed by atoms with Crippen LogP contribution in [-0.2, 0) is 17.6 Å². The molecular weight excluding hydrogens is 404 g/mol. The van der Waals surface area contributed by atoms with Gasteiger partial charge >= 0.3 is 0 Å². The monoisotopic (exact) mass is 426 g/mol. The number of nitrogen functional groups attached to an aromatic ring is 1. The van der Waals surface area contributed by atoms with Gasteiger partial charge in [0.05, 0.1) is 28.8 Å². The number of nitrogens with two attached hydrogens (primary N) is 1. The fourth-order valence-electron chi connectivity index (χ4n) is 3.39. The first kappa shape index (κ1) is 20.9. The number of amides is 2. The lowest BCUT2D eigenvalue weighted by molar-refractivity contribution is -0.114. The lowest BCUT2D eigenvalue weighted by Crippen LogP contribution is -2.13. The average molecular weight is 426 g/mol. The van der Waals surface area contributed by atoms with Gasteiger partial charge in [-0.05, 0) is 54.8 Å². The van der Waals surface area contributed by atoms with E-state index in [1.165, 1.54) is 13.1 Å². The van der Waals surface area contributed by atoms with Gasteiger partial charge in [0.25, 0.3) is 5.91 Å². The van der Waals surface area contributed by atoms with E-state index in [1.54, 1.807) is 30.7 Å². The molecule has 0 aliphatic rings. The second kappa shape index (κ2) is 9.22. The number of carbonyl (C=O) groups is 2. The molecule has 0 unspecified atom stereocenters. The number of rotatable bonds is 6. The maximum absolute atomic E-state index is 12.5. The Hall–Kier alpha value is -4.33. The molecule has 2 aromatic carbocycles. The zero-order valence-corrected chi connectivity index (χ0v) is 17.5. The topological polar surface area (TPSA) is 123 Å². The van der Waals surface area contributed by atoms with Crippen LogP contribution in [0, 0.1) is 0 Å². The highest BCUT2D eigenvalue weighted by Crippen LogP contribution is 2.22. The fourth-order valence-corrected chi connectivity index (χ4v) is 3.39. The number of pyridine rings is 1. The number of hydrogen-bond acceptors (Lipinski definition) is 6. The Morgan fingerprint density at radius 1 is 0.969 bits per heavy atom. The minimum atomic E-state index is -0.234. The van der Waals surface area contributed by atoms with E-state index in [4.69, 9.17) is 5.73 Å². The van der Waals surface area contributed by atoms with Crippen LogP contribution < -0.4 is 16.4 Å². The van der Waals surface area contributed by atoms with Crippen molar-refractivity contribution >= 4 is 39.8 Å². The Labute approximate surface area is 184 Å². The van der Waals surface area contributed by atoms with E-state index in [9.17, 15) is 9.59 Å². The maximum Gasteiger partial charge on any atom is 0.255 e. The summed E-state index contributed by atoms with van der Waals surface area (Å²) >= 11 is 0. The molecule has 0 saturated carbocycles. The molecule has 4 N–H and O–H groups in total. The van der Waals surface area contributed by atoms with E-state index >= 15 is 0 Å². The second-order valence-electron chi connectivity index (χ2n) is 7.35. The van der Waals surface area contributed by atoms with Gasteiger partial charge in [0, 0.05) is 29.8 Å². The first-order valence-electron chi connectivity index (χ1n) is 10.1. The third-order valence-corrected chi connectivity index (χ3v) is 5.00. The number of aryl methyl sites for hydroxylation is 2. The van der Waals surface area contributed by atoms with E-state index in [2.05, 4.69) is 25.6 Å². The Kier molecular flexibility index (Phi) is 6.03. The molecule has 8 heteroatoms. The summed E-state index contributed by atoms with van der Waals surface area (Å²) in [5.74, 6) is -0.361. The highest BCUT2D eigenvalue weighted by Gasteiger charge is 2.10. The summed E-state index contributed by atoms with van der Waals surface area (Å²) in [4.78, 5) is 36.5. The zero-order valence-electron chi connectivity index (χ0n) is 17.5. The highest BCUT2D eigenvalue weighted by atomic mass is 16.2. The Bertz CT molecular complexity index is 1290. The molecule has 8 nitrogen and oxygen atoms in total. The SMILES string of the molecule is CC(=O)Nc1ccc2ncnc(CCc3ccc(C(=O)Nc4ccncc4N)cc3)c2c1. The van der Waals surface area contributed by atoms with E-state index in [0.29, 0.717) is 29.0 Å². The van der Waals surface area contributed by atoms with Gasteiger partial charge in [-0.15, -0.1) is 0 Å². The van der Waals surface area contributed by atoms with Crippen LogP contribution in [0.1, 0.15) is 28.5 Å². The van der Waals surface area contributed by atoms with Crippen molar-refractivity contribution in [1.29, 1.82) is 0 Å². The van der Waals surface area contributed by atoms with Crippen LogP contribution in [0.5, 0.6) is 0 Å². The highest BCUT2D eigenvalue weighted by molar-refractivity contribution is 6.05. The molecule has 0 aliphatic carbocycles. The quantitative estimate of drug-likeness (QED) is 0.433. The van der Waals surface area contributed by atoms with Crippen molar-refractivity contribution in [3.8, 4) is 0 Å². The van der Waals surface area contributed by atoms with Crippen LogP contribution in [0.2, 0.25) is 0 Å². The third-order valence-electron chi connectivity index (χ3n) is 5.00. The van der Waals surface area contributed by atoms with Gasteiger partial charge in [0.1, 0.15) is 6.33 Å². The predicted molar refractivity (Wildman–Crippen MR) is 124 cm³/mol. The number of carbonyl (C=O) groups excluding carboxylic acids is 2. The Balaban J connectivity index is 1.45. The standard InChI is InChI=1S/C24H22N6O2/c1-15(31)29-18-7-9-22-19(12-18)21(27-14-28-22)8-4-16-2-5-17(6-3-16)24(32)30-23-10-11-26-13-20(23)25/h2-3,5-7,9-14H,4,8,25H2,1H3,(H,29,31)(H,26,30,32). The van der Waals surface area contributed by atoms with Crippen LogP contribution in [0.25, 0.3) is 10.9 Å². The summed E-state index contributed by atoms with van der Waals surface area (Å²) in [7, 11) is 0. The molecule has 0 spiro atoms. The van der Waals surface area contributed by atoms with Crippen molar-refractivity contribution in [2.45, 2.75) is 19.8 Å². The molecular formula is C24H22N6O2. The predicted octanol–water partition coefficient (Wildman–Crippen LogP) is 3.60. The van der Waals surface area contributed by atoms with Gasteiger partial charge < -0.3 is 16.4 Å². The summed E-state index contributed by atoms with van der Waals surface area (Å²) < 4.78 is 0. The Morgan fingerprint density at radius 2 is 1.78 bits per heavy atom. The van der Waals surface area contributed by atoms with E-state index in [0.717, 1.165) is 28.6 Å². The minimum absolute atomic E-state index is 0.126. The summed E-state index contributed by atoms with van der Waals surface area (Å²) in [5.41, 5.74) is 10.8. The molecule has 4 rings (SSSR count). The number of hydrogen-bond donors (Lipinski definition) is 3. The van der Waals surface area contributed by atoms with Crippen LogP contribution in [0.15, 0.2) is 67.3 Å². The smallest absolute Gasteiger partial charge is 0.255 e. The molecule has 0 radical (unpaired) electrons. The van der Waals surface area contributed by atoms with Gasteiger partial charge in [-0.2, -0.15) is 0 Å². The summed E-state index contributed by atoms with van der Waals surface area (Å²) in [6.45, 7) is 1.47. The van der Waals surface area contributed by atoms with Crippen LogP contribution >= 0.6 is 0 Å². The van der Waals surface area contributed by atoms with Gasteiger partial charge in [-0.1, -0.05) is 12.1 Å². The second-order valence-corrected chi connectivity index (χ2v) is 7.35. The van der Waals surface area contributed by atoms with Crippen LogP contribution in [-0.4, -0.2) is 26.8 Å². The number of nitrogens with one attached hydrogen (secondary N) is 2. The number of anilines is 3. The molecule has 0 saturated heterocycles. The normalized spacial score (nSPS) is 10.7. The molecule has 160 valence electrons. The third kappa shape index (κ3) is 4.86. The molecule has 2 amide bonds. The number of benzene rings is 2. The molecule has 4 aromatic rings. The van der Waals surface area contributed by atoms with Crippen molar-refractivity contribution in [3.63, 3.8) is 0 Å². The molecule has 32 heavy (non-hydrogen) atoms. The lowest BCUT2D eigenvalue weighted by atomic mass is 10.0. The largest absolute Gasteiger partial charge is 0.396 e. The first-order valence-corrected chi connectivity index (χ1v) is 10.1. The summed E-state index contributed by atoms with van der Waals surface area (Å²) in [6, 6.07) is 14.7. The summed E-state index contributed by atoms with van der Waals surface area (Å²) in [5, 5.41) is 6.49. The van der Waals surface area contributed by atoms with E-state index < -0.39 is 0 Å². The van der Waals surface area contributed by atoms with Gasteiger partial charge in [0.15, 0.2) is 0 Å². The molecule has 2 heterocycles. The van der Waals surface area contributed by atoms with Crippen molar-refractivity contribution < 1.29 is 9.59 Å². The maximum atomic E-state index is 12.5. The number of fused-ring (bicyclic) bond motifs is 1. The molecule has 0 atom stereocenters. The van der Waals surface area contributed by atoms with Crippen molar-refractivity contribution in [2.75, 3.05) is 16.4 Å². The molecule has 0 fully saturated rings. The van der Waals surface area contributed by atoms with E-state index in [1.807, 2.05) is 30.3 Å².